The topological polar surface area (TPSA) is 40.5 Å². The van der Waals surface area contributed by atoms with Gasteiger partial charge in [0, 0.05) is 9.79 Å². The molecule has 0 amide bonds. The molecule has 0 bridgehead atoms. The molecule has 37 heavy (non-hydrogen) atoms. The largest absolute Gasteiger partial charge is 0.507 e. The van der Waals surface area contributed by atoms with E-state index in [1.54, 1.807) is 0 Å². The third-order valence-electron chi connectivity index (χ3n) is 6.25. The van der Waals surface area contributed by atoms with Crippen molar-refractivity contribution in [3.05, 3.63) is 46.5 Å². The summed E-state index contributed by atoms with van der Waals surface area (Å²) < 4.78 is 0. The maximum absolute atomic E-state index is 10.9. The highest BCUT2D eigenvalue weighted by Gasteiger charge is 2.23. The molecule has 0 aromatic heterocycles. The van der Waals surface area contributed by atoms with Crippen LogP contribution < -0.4 is 0 Å². The van der Waals surface area contributed by atoms with Gasteiger partial charge in [0.1, 0.15) is 11.5 Å². The van der Waals surface area contributed by atoms with E-state index >= 15 is 0 Å². The van der Waals surface area contributed by atoms with Crippen LogP contribution in [-0.4, -0.2) is 29.0 Å². The van der Waals surface area contributed by atoms with Crippen molar-refractivity contribution in [2.24, 2.45) is 23.7 Å². The number of phenols is 2. The van der Waals surface area contributed by atoms with Crippen molar-refractivity contribution in [3.63, 3.8) is 0 Å². The van der Waals surface area contributed by atoms with E-state index in [1.165, 1.54) is 9.79 Å². The predicted octanol–water partition coefficient (Wildman–Crippen LogP) is 9.56. The van der Waals surface area contributed by atoms with Crippen LogP contribution in [0.4, 0.5) is 0 Å². The molecule has 0 aliphatic rings. The Kier molecular flexibility index (Phi) is 12.5. The van der Waals surface area contributed by atoms with Gasteiger partial charge in [-0.2, -0.15) is 0 Å². The second-order valence-electron chi connectivity index (χ2n) is 13.3. The van der Waals surface area contributed by atoms with E-state index in [0.29, 0.717) is 35.2 Å². The van der Waals surface area contributed by atoms with E-state index in [4.69, 9.17) is 0 Å². The minimum Gasteiger partial charge on any atom is -0.507 e. The number of benzene rings is 2. The summed E-state index contributed by atoms with van der Waals surface area (Å²) in [5, 5.41) is 24.1. The highest BCUT2D eigenvalue weighted by molar-refractivity contribution is 8.03. The van der Waals surface area contributed by atoms with Gasteiger partial charge in [0.25, 0.3) is 0 Å². The minimum absolute atomic E-state index is 0.514. The minimum atomic E-state index is -1.49. The van der Waals surface area contributed by atoms with E-state index < -0.39 is 8.07 Å². The quantitative estimate of drug-likeness (QED) is 0.178. The summed E-state index contributed by atoms with van der Waals surface area (Å²) >= 11 is 3.95. The fourth-order valence-electron chi connectivity index (χ4n) is 4.60. The predicted molar refractivity (Wildman–Crippen MR) is 169 cm³/mol. The smallest absolute Gasteiger partial charge is 0.122 e. The lowest BCUT2D eigenvalue weighted by molar-refractivity contribution is 0.449. The van der Waals surface area contributed by atoms with Crippen LogP contribution in [-0.2, 0) is 25.7 Å². The van der Waals surface area contributed by atoms with Gasteiger partial charge in [0.2, 0.25) is 0 Å². The summed E-state index contributed by atoms with van der Waals surface area (Å²) in [6, 6.07) is 8.94. The van der Waals surface area contributed by atoms with Gasteiger partial charge in [0.05, 0.1) is 8.07 Å². The van der Waals surface area contributed by atoms with Crippen LogP contribution in [0.5, 0.6) is 11.5 Å². The van der Waals surface area contributed by atoms with Gasteiger partial charge in [-0.15, -0.1) is 23.5 Å². The van der Waals surface area contributed by atoms with Crippen molar-refractivity contribution in [1.29, 1.82) is 0 Å². The first-order chi connectivity index (χ1) is 17.2. The maximum Gasteiger partial charge on any atom is 0.122 e. The van der Waals surface area contributed by atoms with Gasteiger partial charge in [-0.25, -0.2) is 0 Å². The number of aromatic hydroxyl groups is 2. The first-order valence-corrected chi connectivity index (χ1v) is 19.5. The molecule has 0 aliphatic carbocycles. The molecule has 0 heterocycles. The first kappa shape index (κ1) is 32.2. The molecule has 0 fully saturated rings. The molecule has 208 valence electrons. The Morgan fingerprint density at radius 2 is 0.784 bits per heavy atom. The van der Waals surface area contributed by atoms with Gasteiger partial charge in [0.15, 0.2) is 0 Å². The molecule has 0 spiro atoms. The number of hydrogen-bond donors (Lipinski definition) is 2. The van der Waals surface area contributed by atoms with E-state index in [9.17, 15) is 10.2 Å². The zero-order valence-corrected chi connectivity index (χ0v) is 27.7. The standard InChI is InChI=1S/C32H52O2S2Si/c1-21(2)11-25-15-29(16-26(31(25)33)12-22(3)4)35-19-37(9,10)20-36-30-17-27(13-23(5)6)32(34)28(18-30)14-24(7)8/h15-18,21-24,33-34H,11-14,19-20H2,1-10H3. The van der Waals surface area contributed by atoms with Crippen LogP contribution in [0.3, 0.4) is 0 Å². The Morgan fingerprint density at radius 3 is 1.00 bits per heavy atom. The summed E-state index contributed by atoms with van der Waals surface area (Å²) in [6.45, 7) is 22.7. The average molecular weight is 561 g/mol. The number of hydrogen-bond acceptors (Lipinski definition) is 4. The van der Waals surface area contributed by atoms with Crippen molar-refractivity contribution in [1.82, 2.24) is 0 Å². The Morgan fingerprint density at radius 1 is 0.541 bits per heavy atom. The third kappa shape index (κ3) is 10.9. The van der Waals surface area contributed by atoms with E-state index in [2.05, 4.69) is 92.7 Å². The van der Waals surface area contributed by atoms with Gasteiger partial charge < -0.3 is 10.2 Å². The monoisotopic (exact) mass is 560 g/mol. The van der Waals surface area contributed by atoms with Crippen molar-refractivity contribution in [2.75, 3.05) is 10.8 Å². The Hall–Kier alpha value is -1.04. The fourth-order valence-corrected chi connectivity index (χ4v) is 11.0. The van der Waals surface area contributed by atoms with Crippen LogP contribution in [0.1, 0.15) is 77.6 Å². The molecule has 0 saturated carbocycles. The van der Waals surface area contributed by atoms with E-state index in [1.807, 2.05) is 23.5 Å². The van der Waals surface area contributed by atoms with Crippen LogP contribution >= 0.6 is 23.5 Å². The SMILES string of the molecule is CC(C)Cc1cc(SC[Si](C)(C)CSc2cc(CC(C)C)c(O)c(CC(C)C)c2)cc(CC(C)C)c1O. The lowest BCUT2D eigenvalue weighted by atomic mass is 9.95. The van der Waals surface area contributed by atoms with E-state index in [0.717, 1.165) is 58.7 Å². The zero-order valence-electron chi connectivity index (χ0n) is 25.1. The molecule has 2 aromatic carbocycles. The summed E-state index contributed by atoms with van der Waals surface area (Å²) in [5.41, 5.74) is 4.40. The average Bonchev–Trinajstić information content (AvgIpc) is 2.75. The van der Waals surface area contributed by atoms with Gasteiger partial charge in [-0.1, -0.05) is 68.5 Å². The third-order valence-corrected chi connectivity index (χ3v) is 14.8. The van der Waals surface area contributed by atoms with Gasteiger partial charge in [-0.05, 0) is 107 Å². The normalized spacial score (nSPS) is 12.5. The molecular formula is C32H52O2S2Si. The van der Waals surface area contributed by atoms with Gasteiger partial charge >= 0.3 is 0 Å². The maximum atomic E-state index is 10.9. The Bertz CT molecular complexity index is 870. The summed E-state index contributed by atoms with van der Waals surface area (Å²) in [6.07, 6.45) is 3.67. The van der Waals surface area contributed by atoms with Crippen LogP contribution in [0.15, 0.2) is 34.1 Å². The molecule has 2 N–H and O–H groups in total. The van der Waals surface area contributed by atoms with Gasteiger partial charge in [-0.3, -0.25) is 0 Å². The van der Waals surface area contributed by atoms with Crippen LogP contribution in [0.2, 0.25) is 13.1 Å². The van der Waals surface area contributed by atoms with E-state index in [-0.39, 0.29) is 0 Å². The number of phenolic OH excluding ortho intramolecular Hbond substituents is 2. The first-order valence-electron chi connectivity index (χ1n) is 14.1. The number of rotatable bonds is 14. The van der Waals surface area contributed by atoms with Crippen molar-refractivity contribution < 1.29 is 10.2 Å². The number of thioether (sulfide) groups is 2. The van der Waals surface area contributed by atoms with Crippen LogP contribution in [0.25, 0.3) is 0 Å². The summed E-state index contributed by atoms with van der Waals surface area (Å²) in [4.78, 5) is 2.61. The van der Waals surface area contributed by atoms with Crippen molar-refractivity contribution in [3.8, 4) is 11.5 Å². The molecule has 0 unspecified atom stereocenters. The molecule has 0 radical (unpaired) electrons. The Labute approximate surface area is 237 Å². The van der Waals surface area contributed by atoms with Crippen LogP contribution in [0, 0.1) is 23.7 Å². The lowest BCUT2D eigenvalue weighted by Gasteiger charge is -2.23. The molecule has 2 rings (SSSR count). The van der Waals surface area contributed by atoms with Crippen molar-refractivity contribution >= 4 is 31.6 Å². The van der Waals surface area contributed by atoms with Crippen molar-refractivity contribution in [2.45, 2.75) is 104 Å². The molecule has 5 heteroatoms. The molecular weight excluding hydrogens is 509 g/mol. The lowest BCUT2D eigenvalue weighted by Crippen LogP contribution is -2.33. The summed E-state index contributed by atoms with van der Waals surface area (Å²) in [5.74, 6) is 3.11. The molecule has 2 nitrogen and oxygen atoms in total. The summed E-state index contributed by atoms with van der Waals surface area (Å²) in [7, 11) is -1.49. The molecule has 0 aliphatic heterocycles. The molecule has 0 saturated heterocycles. The molecule has 2 aromatic rings. The highest BCUT2D eigenvalue weighted by atomic mass is 32.2. The second-order valence-corrected chi connectivity index (χ2v) is 21.5. The highest BCUT2D eigenvalue weighted by Crippen LogP contribution is 2.36. The second kappa shape index (κ2) is 14.4. The Balaban J connectivity index is 2.17. The molecule has 0 atom stereocenters. The fraction of sp³-hybridized carbons (Fsp3) is 0.625. The zero-order chi connectivity index (χ0) is 27.9.